The summed E-state index contributed by atoms with van der Waals surface area (Å²) in [7, 11) is 1.45. The lowest BCUT2D eigenvalue weighted by atomic mass is 9.63. The van der Waals surface area contributed by atoms with Crippen LogP contribution in [0.15, 0.2) is 18.2 Å². The maximum atomic E-state index is 11.1. The SMILES string of the molecule is CCC1(C)C(O)CC1Oc1ccc(OC)cc1[N+](=O)[O-]. The van der Waals surface area contributed by atoms with Gasteiger partial charge in [0.1, 0.15) is 11.9 Å². The van der Waals surface area contributed by atoms with Gasteiger partial charge in [-0.2, -0.15) is 0 Å². The highest BCUT2D eigenvalue weighted by atomic mass is 16.6. The quantitative estimate of drug-likeness (QED) is 0.662. The highest BCUT2D eigenvalue weighted by molar-refractivity contribution is 5.51. The Morgan fingerprint density at radius 3 is 2.75 bits per heavy atom. The summed E-state index contributed by atoms with van der Waals surface area (Å²) in [6, 6.07) is 4.51. The minimum absolute atomic E-state index is 0.121. The molecule has 1 aliphatic rings. The van der Waals surface area contributed by atoms with Crippen molar-refractivity contribution >= 4 is 5.69 Å². The predicted octanol–water partition coefficient (Wildman–Crippen LogP) is 2.53. The molecule has 0 aromatic heterocycles. The number of benzene rings is 1. The van der Waals surface area contributed by atoms with Crippen LogP contribution in [0.4, 0.5) is 5.69 Å². The molecule has 1 aliphatic carbocycles. The summed E-state index contributed by atoms with van der Waals surface area (Å²) in [4.78, 5) is 10.6. The van der Waals surface area contributed by atoms with E-state index in [1.54, 1.807) is 6.07 Å². The van der Waals surface area contributed by atoms with Crippen LogP contribution < -0.4 is 9.47 Å². The van der Waals surface area contributed by atoms with E-state index in [-0.39, 0.29) is 23.0 Å². The molecular weight excluding hydrogens is 262 g/mol. The molecule has 0 spiro atoms. The lowest BCUT2D eigenvalue weighted by Crippen LogP contribution is -2.57. The number of aliphatic hydroxyl groups excluding tert-OH is 1. The Hall–Kier alpha value is -1.82. The second-order valence-electron chi connectivity index (χ2n) is 5.31. The number of nitro groups is 1. The third kappa shape index (κ3) is 2.31. The Morgan fingerprint density at radius 2 is 2.25 bits per heavy atom. The molecule has 6 heteroatoms. The van der Waals surface area contributed by atoms with E-state index in [2.05, 4.69) is 0 Å². The molecule has 1 aromatic carbocycles. The summed E-state index contributed by atoms with van der Waals surface area (Å²) in [5.74, 6) is 0.628. The molecule has 110 valence electrons. The van der Waals surface area contributed by atoms with Crippen molar-refractivity contribution in [1.29, 1.82) is 0 Å². The average molecular weight is 281 g/mol. The van der Waals surface area contributed by atoms with E-state index < -0.39 is 11.0 Å². The Bertz CT molecular complexity index is 518. The normalized spacial score (nSPS) is 28.6. The molecular formula is C14H19NO5. The van der Waals surface area contributed by atoms with Gasteiger partial charge in [0.25, 0.3) is 0 Å². The molecule has 0 saturated heterocycles. The van der Waals surface area contributed by atoms with Gasteiger partial charge in [0.2, 0.25) is 0 Å². The highest BCUT2D eigenvalue weighted by Gasteiger charge is 2.51. The summed E-state index contributed by atoms with van der Waals surface area (Å²) in [5.41, 5.74) is -0.474. The number of nitro benzene ring substituents is 1. The highest BCUT2D eigenvalue weighted by Crippen LogP contribution is 2.47. The predicted molar refractivity (Wildman–Crippen MR) is 73.1 cm³/mol. The Kier molecular flexibility index (Phi) is 3.85. The molecule has 1 aromatic rings. The van der Waals surface area contributed by atoms with Gasteiger partial charge in [0, 0.05) is 11.8 Å². The number of hydrogen-bond donors (Lipinski definition) is 1. The van der Waals surface area contributed by atoms with Crippen molar-refractivity contribution in [3.8, 4) is 11.5 Å². The zero-order chi connectivity index (χ0) is 14.9. The molecule has 0 heterocycles. The van der Waals surface area contributed by atoms with Gasteiger partial charge >= 0.3 is 5.69 Å². The Morgan fingerprint density at radius 1 is 1.55 bits per heavy atom. The summed E-state index contributed by atoms with van der Waals surface area (Å²) >= 11 is 0. The smallest absolute Gasteiger partial charge is 0.314 e. The van der Waals surface area contributed by atoms with Gasteiger partial charge in [-0.05, 0) is 18.6 Å². The van der Waals surface area contributed by atoms with E-state index in [9.17, 15) is 15.2 Å². The maximum absolute atomic E-state index is 11.1. The van der Waals surface area contributed by atoms with E-state index in [0.717, 1.165) is 6.42 Å². The first-order valence-corrected chi connectivity index (χ1v) is 6.59. The van der Waals surface area contributed by atoms with Crippen LogP contribution in [0.5, 0.6) is 11.5 Å². The van der Waals surface area contributed by atoms with E-state index in [4.69, 9.17) is 9.47 Å². The summed E-state index contributed by atoms with van der Waals surface area (Å²) < 4.78 is 10.7. The van der Waals surface area contributed by atoms with Gasteiger partial charge in [-0.25, -0.2) is 0 Å². The topological polar surface area (TPSA) is 81.8 Å². The summed E-state index contributed by atoms with van der Waals surface area (Å²) in [6.07, 6.45) is 0.612. The van der Waals surface area contributed by atoms with Crippen molar-refractivity contribution in [1.82, 2.24) is 0 Å². The lowest BCUT2D eigenvalue weighted by Gasteiger charge is -2.50. The van der Waals surface area contributed by atoms with Crippen LogP contribution in [0.1, 0.15) is 26.7 Å². The van der Waals surface area contributed by atoms with Crippen molar-refractivity contribution in [2.75, 3.05) is 7.11 Å². The number of ether oxygens (including phenoxy) is 2. The first kappa shape index (κ1) is 14.6. The molecule has 0 aliphatic heterocycles. The van der Waals surface area contributed by atoms with E-state index in [1.165, 1.54) is 19.2 Å². The first-order valence-electron chi connectivity index (χ1n) is 6.59. The molecule has 2 rings (SSSR count). The van der Waals surface area contributed by atoms with Crippen molar-refractivity contribution < 1.29 is 19.5 Å². The monoisotopic (exact) mass is 281 g/mol. The van der Waals surface area contributed by atoms with Crippen LogP contribution in [-0.4, -0.2) is 29.3 Å². The fourth-order valence-electron chi connectivity index (χ4n) is 2.46. The van der Waals surface area contributed by atoms with Crippen LogP contribution in [0.3, 0.4) is 0 Å². The number of nitrogens with zero attached hydrogens (tertiary/aromatic N) is 1. The minimum Gasteiger partial charge on any atom is -0.496 e. The van der Waals surface area contributed by atoms with Crippen molar-refractivity contribution in [3.05, 3.63) is 28.3 Å². The molecule has 1 fully saturated rings. The second-order valence-corrected chi connectivity index (χ2v) is 5.31. The fourth-order valence-corrected chi connectivity index (χ4v) is 2.46. The van der Waals surface area contributed by atoms with Gasteiger partial charge in [-0.1, -0.05) is 13.8 Å². The van der Waals surface area contributed by atoms with Crippen LogP contribution in [-0.2, 0) is 0 Å². The summed E-state index contributed by atoms with van der Waals surface area (Å²) in [6.45, 7) is 3.91. The zero-order valence-corrected chi connectivity index (χ0v) is 11.8. The molecule has 6 nitrogen and oxygen atoms in total. The molecule has 0 bridgehead atoms. The Labute approximate surface area is 117 Å². The molecule has 3 unspecified atom stereocenters. The average Bonchev–Trinajstić information content (AvgIpc) is 2.45. The first-order chi connectivity index (χ1) is 9.42. The third-order valence-electron chi connectivity index (χ3n) is 4.33. The van der Waals surface area contributed by atoms with E-state index in [0.29, 0.717) is 12.2 Å². The lowest BCUT2D eigenvalue weighted by molar-refractivity contribution is -0.386. The zero-order valence-electron chi connectivity index (χ0n) is 11.8. The molecule has 0 radical (unpaired) electrons. The fraction of sp³-hybridized carbons (Fsp3) is 0.571. The van der Waals surface area contributed by atoms with E-state index in [1.807, 2.05) is 13.8 Å². The van der Waals surface area contributed by atoms with Gasteiger partial charge in [-0.15, -0.1) is 0 Å². The van der Waals surface area contributed by atoms with Crippen molar-refractivity contribution in [2.24, 2.45) is 5.41 Å². The number of rotatable bonds is 5. The van der Waals surface area contributed by atoms with Gasteiger partial charge in [0.15, 0.2) is 5.75 Å². The van der Waals surface area contributed by atoms with Crippen molar-refractivity contribution in [3.63, 3.8) is 0 Å². The molecule has 0 amide bonds. The second kappa shape index (κ2) is 5.28. The summed E-state index contributed by atoms with van der Waals surface area (Å²) in [5, 5.41) is 20.9. The molecule has 1 saturated carbocycles. The molecule has 1 N–H and O–H groups in total. The number of methoxy groups -OCH3 is 1. The van der Waals surface area contributed by atoms with Gasteiger partial charge < -0.3 is 14.6 Å². The van der Waals surface area contributed by atoms with Gasteiger partial charge in [-0.3, -0.25) is 10.1 Å². The largest absolute Gasteiger partial charge is 0.496 e. The molecule has 3 atom stereocenters. The van der Waals surface area contributed by atoms with Crippen LogP contribution >= 0.6 is 0 Å². The minimum atomic E-state index is -0.490. The van der Waals surface area contributed by atoms with Crippen LogP contribution in [0.2, 0.25) is 0 Å². The maximum Gasteiger partial charge on any atom is 0.314 e. The van der Waals surface area contributed by atoms with Crippen LogP contribution in [0, 0.1) is 15.5 Å². The van der Waals surface area contributed by atoms with Crippen LogP contribution in [0.25, 0.3) is 0 Å². The standard InChI is InChI=1S/C14H19NO5/c1-4-14(2)12(16)8-13(14)20-11-6-5-9(19-3)7-10(11)15(17)18/h5-7,12-13,16H,4,8H2,1-3H3. The van der Waals surface area contributed by atoms with Gasteiger partial charge in [0.05, 0.1) is 24.2 Å². The van der Waals surface area contributed by atoms with E-state index >= 15 is 0 Å². The number of hydrogen-bond acceptors (Lipinski definition) is 5. The Balaban J connectivity index is 2.24. The molecule has 20 heavy (non-hydrogen) atoms. The van der Waals surface area contributed by atoms with Crippen molar-refractivity contribution in [2.45, 2.75) is 38.9 Å². The number of aliphatic hydroxyl groups is 1. The third-order valence-corrected chi connectivity index (χ3v) is 4.33.